The van der Waals surface area contributed by atoms with E-state index in [0.717, 1.165) is 12.0 Å². The summed E-state index contributed by atoms with van der Waals surface area (Å²) in [6, 6.07) is 6.15. The van der Waals surface area contributed by atoms with Crippen molar-refractivity contribution in [2.45, 2.75) is 26.3 Å². The van der Waals surface area contributed by atoms with E-state index in [9.17, 15) is 14.9 Å². The van der Waals surface area contributed by atoms with Crippen molar-refractivity contribution >= 4 is 11.7 Å². The van der Waals surface area contributed by atoms with E-state index in [1.807, 2.05) is 13.8 Å². The fourth-order valence-electron chi connectivity index (χ4n) is 1.98. The Bertz CT molecular complexity index is 462. The van der Waals surface area contributed by atoms with Crippen molar-refractivity contribution in [1.82, 2.24) is 4.90 Å². The van der Waals surface area contributed by atoms with Crippen LogP contribution in [0.3, 0.4) is 0 Å². The lowest BCUT2D eigenvalue weighted by atomic mass is 10.1. The number of carboxylic acids is 1. The van der Waals surface area contributed by atoms with E-state index in [4.69, 9.17) is 5.11 Å². The largest absolute Gasteiger partial charge is 0.480 e. The standard InChI is InChI=1S/C13H18N2O4/c1-3-7-14(9-13(16)17)10(2)11-5-4-6-12(8-11)15(18)19/h4-6,8,10H,3,7,9H2,1-2H3,(H,16,17). The molecular formula is C13H18N2O4. The highest BCUT2D eigenvalue weighted by atomic mass is 16.6. The van der Waals surface area contributed by atoms with Crippen molar-refractivity contribution < 1.29 is 14.8 Å². The van der Waals surface area contributed by atoms with Gasteiger partial charge in [0, 0.05) is 18.2 Å². The van der Waals surface area contributed by atoms with Gasteiger partial charge < -0.3 is 5.11 Å². The molecule has 104 valence electrons. The molecule has 1 atom stereocenters. The predicted octanol–water partition coefficient (Wildman–Crippen LogP) is 2.45. The van der Waals surface area contributed by atoms with Gasteiger partial charge in [-0.15, -0.1) is 0 Å². The summed E-state index contributed by atoms with van der Waals surface area (Å²) in [5.74, 6) is -0.897. The van der Waals surface area contributed by atoms with Crippen LogP contribution in [0, 0.1) is 10.1 Å². The minimum atomic E-state index is -0.897. The van der Waals surface area contributed by atoms with Crippen LogP contribution >= 0.6 is 0 Å². The molecule has 0 aromatic heterocycles. The molecule has 0 amide bonds. The molecule has 0 bridgehead atoms. The summed E-state index contributed by atoms with van der Waals surface area (Å²) in [7, 11) is 0. The van der Waals surface area contributed by atoms with Crippen LogP contribution in [-0.2, 0) is 4.79 Å². The number of rotatable bonds is 7. The number of carbonyl (C=O) groups is 1. The molecule has 0 saturated carbocycles. The van der Waals surface area contributed by atoms with E-state index in [1.165, 1.54) is 12.1 Å². The topological polar surface area (TPSA) is 83.7 Å². The van der Waals surface area contributed by atoms with Crippen molar-refractivity contribution in [2.24, 2.45) is 0 Å². The second-order valence-electron chi connectivity index (χ2n) is 4.39. The normalized spacial score (nSPS) is 12.4. The number of nitro groups is 1. The quantitative estimate of drug-likeness (QED) is 0.605. The Kier molecular flexibility index (Phi) is 5.44. The Morgan fingerprint density at radius 3 is 2.74 bits per heavy atom. The fraction of sp³-hybridized carbons (Fsp3) is 0.462. The third-order valence-electron chi connectivity index (χ3n) is 2.96. The maximum atomic E-state index is 10.8. The van der Waals surface area contributed by atoms with E-state index >= 15 is 0 Å². The predicted molar refractivity (Wildman–Crippen MR) is 71.0 cm³/mol. The molecule has 0 fully saturated rings. The zero-order valence-corrected chi connectivity index (χ0v) is 11.1. The number of hydrogen-bond acceptors (Lipinski definition) is 4. The average Bonchev–Trinajstić information content (AvgIpc) is 2.37. The number of non-ortho nitro benzene ring substituents is 1. The van der Waals surface area contributed by atoms with Gasteiger partial charge in [-0.2, -0.15) is 0 Å². The number of benzene rings is 1. The second-order valence-corrected chi connectivity index (χ2v) is 4.39. The molecule has 0 aliphatic rings. The first-order valence-corrected chi connectivity index (χ1v) is 6.16. The molecule has 1 aromatic carbocycles. The maximum absolute atomic E-state index is 10.8. The van der Waals surface area contributed by atoms with Crippen LogP contribution in [0.25, 0.3) is 0 Å². The summed E-state index contributed by atoms with van der Waals surface area (Å²) in [4.78, 5) is 22.9. The minimum Gasteiger partial charge on any atom is -0.480 e. The number of aliphatic carboxylic acids is 1. The Morgan fingerprint density at radius 2 is 2.21 bits per heavy atom. The molecule has 0 aliphatic carbocycles. The minimum absolute atomic E-state index is 0.0242. The first-order valence-electron chi connectivity index (χ1n) is 6.16. The van der Waals surface area contributed by atoms with Gasteiger partial charge in [0.1, 0.15) is 0 Å². The Balaban J connectivity index is 2.94. The van der Waals surface area contributed by atoms with E-state index in [1.54, 1.807) is 17.0 Å². The molecule has 0 aliphatic heterocycles. The highest BCUT2D eigenvalue weighted by Gasteiger charge is 2.19. The van der Waals surface area contributed by atoms with E-state index < -0.39 is 10.9 Å². The molecule has 1 rings (SSSR count). The number of carboxylic acid groups (broad SMARTS) is 1. The first kappa shape index (κ1) is 15.1. The van der Waals surface area contributed by atoms with E-state index in [0.29, 0.717) is 6.54 Å². The molecule has 0 radical (unpaired) electrons. The summed E-state index contributed by atoms with van der Waals surface area (Å²) in [5, 5.41) is 19.6. The summed E-state index contributed by atoms with van der Waals surface area (Å²) in [5.41, 5.74) is 0.778. The zero-order chi connectivity index (χ0) is 14.4. The molecule has 1 unspecified atom stereocenters. The molecule has 1 aromatic rings. The van der Waals surface area contributed by atoms with Gasteiger partial charge in [-0.3, -0.25) is 19.8 Å². The smallest absolute Gasteiger partial charge is 0.317 e. The Labute approximate surface area is 111 Å². The monoisotopic (exact) mass is 266 g/mol. The molecular weight excluding hydrogens is 248 g/mol. The van der Waals surface area contributed by atoms with Crippen molar-refractivity contribution in [3.05, 3.63) is 39.9 Å². The van der Waals surface area contributed by atoms with Crippen LogP contribution in [0.4, 0.5) is 5.69 Å². The summed E-state index contributed by atoms with van der Waals surface area (Å²) in [6.45, 7) is 4.39. The van der Waals surface area contributed by atoms with E-state index in [-0.39, 0.29) is 18.3 Å². The SMILES string of the molecule is CCCN(CC(=O)O)C(C)c1cccc([N+](=O)[O-])c1. The number of hydrogen-bond donors (Lipinski definition) is 1. The van der Waals surface area contributed by atoms with Crippen LogP contribution in [0.15, 0.2) is 24.3 Å². The van der Waals surface area contributed by atoms with Gasteiger partial charge in [0.2, 0.25) is 0 Å². The maximum Gasteiger partial charge on any atom is 0.317 e. The van der Waals surface area contributed by atoms with Crippen LogP contribution in [-0.4, -0.2) is 34.0 Å². The molecule has 1 N–H and O–H groups in total. The summed E-state index contributed by atoms with van der Waals surface area (Å²) < 4.78 is 0. The molecule has 19 heavy (non-hydrogen) atoms. The first-order chi connectivity index (χ1) is 8.95. The van der Waals surface area contributed by atoms with Crippen LogP contribution in [0.1, 0.15) is 31.9 Å². The van der Waals surface area contributed by atoms with Crippen LogP contribution in [0.2, 0.25) is 0 Å². The second kappa shape index (κ2) is 6.84. The number of nitro benzene ring substituents is 1. The summed E-state index contributed by atoms with van der Waals surface area (Å²) >= 11 is 0. The third-order valence-corrected chi connectivity index (χ3v) is 2.96. The third kappa shape index (κ3) is 4.33. The lowest BCUT2D eigenvalue weighted by molar-refractivity contribution is -0.384. The average molecular weight is 266 g/mol. The fourth-order valence-corrected chi connectivity index (χ4v) is 1.98. The van der Waals surface area contributed by atoms with E-state index in [2.05, 4.69) is 0 Å². The van der Waals surface area contributed by atoms with Crippen molar-refractivity contribution in [3.8, 4) is 0 Å². The molecule has 0 saturated heterocycles. The van der Waals surface area contributed by atoms with Crippen molar-refractivity contribution in [2.75, 3.05) is 13.1 Å². The van der Waals surface area contributed by atoms with Gasteiger partial charge in [-0.1, -0.05) is 19.1 Å². The summed E-state index contributed by atoms with van der Waals surface area (Å²) in [6.07, 6.45) is 0.826. The van der Waals surface area contributed by atoms with Gasteiger partial charge >= 0.3 is 5.97 Å². The van der Waals surface area contributed by atoms with Crippen LogP contribution in [0.5, 0.6) is 0 Å². The van der Waals surface area contributed by atoms with Gasteiger partial charge in [0.25, 0.3) is 5.69 Å². The van der Waals surface area contributed by atoms with Crippen LogP contribution < -0.4 is 0 Å². The lowest BCUT2D eigenvalue weighted by Gasteiger charge is -2.27. The zero-order valence-electron chi connectivity index (χ0n) is 11.1. The molecule has 0 spiro atoms. The van der Waals surface area contributed by atoms with Gasteiger partial charge in [-0.25, -0.2) is 0 Å². The lowest BCUT2D eigenvalue weighted by Crippen LogP contribution is -2.33. The highest BCUT2D eigenvalue weighted by Crippen LogP contribution is 2.23. The molecule has 0 heterocycles. The Hall–Kier alpha value is -1.95. The van der Waals surface area contributed by atoms with Crippen molar-refractivity contribution in [3.63, 3.8) is 0 Å². The van der Waals surface area contributed by atoms with Crippen molar-refractivity contribution in [1.29, 1.82) is 0 Å². The molecule has 6 nitrogen and oxygen atoms in total. The molecule has 6 heteroatoms. The number of nitrogens with zero attached hydrogens (tertiary/aromatic N) is 2. The Morgan fingerprint density at radius 1 is 1.53 bits per heavy atom. The highest BCUT2D eigenvalue weighted by molar-refractivity contribution is 5.69. The van der Waals surface area contributed by atoms with Gasteiger partial charge in [0.05, 0.1) is 11.5 Å². The van der Waals surface area contributed by atoms with Gasteiger partial charge in [-0.05, 0) is 25.5 Å². The van der Waals surface area contributed by atoms with Gasteiger partial charge in [0.15, 0.2) is 0 Å².